The summed E-state index contributed by atoms with van der Waals surface area (Å²) < 4.78 is 4.86. The highest BCUT2D eigenvalue weighted by atomic mass is 16.5. The molecule has 1 aliphatic heterocycles. The molecule has 0 unspecified atom stereocenters. The molecule has 1 heterocycles. The number of ether oxygens (including phenoxy) is 1. The van der Waals surface area contributed by atoms with Crippen LogP contribution in [0.4, 0.5) is 11.4 Å². The lowest BCUT2D eigenvalue weighted by atomic mass is 9.81. The number of methoxy groups -OCH3 is 1. The van der Waals surface area contributed by atoms with E-state index in [1.807, 2.05) is 19.1 Å². The Labute approximate surface area is 153 Å². The van der Waals surface area contributed by atoms with Gasteiger partial charge in [-0.05, 0) is 49.1 Å². The van der Waals surface area contributed by atoms with Crippen LogP contribution < -0.4 is 10.6 Å². The molecule has 0 saturated heterocycles. The van der Waals surface area contributed by atoms with E-state index in [2.05, 4.69) is 42.7 Å². The Hall–Kier alpha value is -2.66. The number of amides is 2. The molecule has 26 heavy (non-hydrogen) atoms. The molecule has 2 N–H and O–H groups in total. The fourth-order valence-electron chi connectivity index (χ4n) is 3.54. The summed E-state index contributed by atoms with van der Waals surface area (Å²) in [4.78, 5) is 24.2. The number of benzene rings is 2. The first-order chi connectivity index (χ1) is 12.4. The maximum absolute atomic E-state index is 12.4. The van der Waals surface area contributed by atoms with Crippen LogP contribution in [0.5, 0.6) is 0 Å². The smallest absolute Gasteiger partial charge is 0.250 e. The predicted octanol–water partition coefficient (Wildman–Crippen LogP) is 3.67. The first kappa shape index (κ1) is 18.1. The number of carbonyl (C=O) groups is 2. The normalized spacial score (nSPS) is 16.0. The van der Waals surface area contributed by atoms with Crippen LogP contribution in [0, 0.1) is 20.8 Å². The molecule has 1 aliphatic rings. The molecule has 5 nitrogen and oxygen atoms in total. The van der Waals surface area contributed by atoms with E-state index >= 15 is 0 Å². The van der Waals surface area contributed by atoms with Gasteiger partial charge in [-0.25, -0.2) is 0 Å². The van der Waals surface area contributed by atoms with Crippen LogP contribution in [0.15, 0.2) is 30.3 Å². The van der Waals surface area contributed by atoms with E-state index < -0.39 is 0 Å². The first-order valence-electron chi connectivity index (χ1n) is 8.70. The number of carbonyl (C=O) groups excluding carboxylic acids is 2. The highest BCUT2D eigenvalue weighted by Crippen LogP contribution is 2.42. The topological polar surface area (TPSA) is 67.4 Å². The zero-order valence-electron chi connectivity index (χ0n) is 15.6. The van der Waals surface area contributed by atoms with E-state index in [4.69, 9.17) is 4.74 Å². The van der Waals surface area contributed by atoms with Gasteiger partial charge in [-0.3, -0.25) is 9.59 Å². The Morgan fingerprint density at radius 1 is 1.19 bits per heavy atom. The molecule has 5 heteroatoms. The maximum Gasteiger partial charge on any atom is 0.250 e. The second-order valence-corrected chi connectivity index (χ2v) is 6.85. The Balaban J connectivity index is 2.04. The SMILES string of the molecule is COCC(=O)Nc1ccc2c(c1C)NC(=O)C[C@@H]2c1cc(C)ccc1C. The van der Waals surface area contributed by atoms with Crippen molar-refractivity contribution in [2.45, 2.75) is 33.1 Å². The van der Waals surface area contributed by atoms with Crippen LogP contribution in [-0.4, -0.2) is 25.5 Å². The quantitative estimate of drug-likeness (QED) is 0.882. The molecule has 1 atom stereocenters. The summed E-state index contributed by atoms with van der Waals surface area (Å²) in [6, 6.07) is 10.2. The molecule has 2 aromatic rings. The van der Waals surface area contributed by atoms with Crippen molar-refractivity contribution in [3.8, 4) is 0 Å². The van der Waals surface area contributed by atoms with Crippen LogP contribution in [0.2, 0.25) is 0 Å². The van der Waals surface area contributed by atoms with Gasteiger partial charge in [-0.1, -0.05) is 29.8 Å². The molecule has 0 saturated carbocycles. The molecule has 3 rings (SSSR count). The summed E-state index contributed by atoms with van der Waals surface area (Å²) in [6.45, 7) is 6.04. The van der Waals surface area contributed by atoms with Gasteiger partial charge in [-0.2, -0.15) is 0 Å². The number of nitrogens with one attached hydrogen (secondary N) is 2. The average molecular weight is 352 g/mol. The highest BCUT2D eigenvalue weighted by Gasteiger charge is 2.29. The Kier molecular flexibility index (Phi) is 5.09. The fraction of sp³-hybridized carbons (Fsp3) is 0.333. The van der Waals surface area contributed by atoms with E-state index in [9.17, 15) is 9.59 Å². The third-order valence-corrected chi connectivity index (χ3v) is 4.89. The molecule has 0 spiro atoms. The maximum atomic E-state index is 12.4. The van der Waals surface area contributed by atoms with Gasteiger partial charge in [0.05, 0.1) is 0 Å². The Bertz CT molecular complexity index is 874. The van der Waals surface area contributed by atoms with Crippen molar-refractivity contribution in [3.63, 3.8) is 0 Å². The van der Waals surface area contributed by atoms with Crippen molar-refractivity contribution in [1.29, 1.82) is 0 Å². The van der Waals surface area contributed by atoms with Gasteiger partial charge in [0.2, 0.25) is 11.8 Å². The number of aryl methyl sites for hydroxylation is 2. The van der Waals surface area contributed by atoms with Gasteiger partial charge < -0.3 is 15.4 Å². The van der Waals surface area contributed by atoms with Gasteiger partial charge >= 0.3 is 0 Å². The molecule has 2 amide bonds. The first-order valence-corrected chi connectivity index (χ1v) is 8.70. The van der Waals surface area contributed by atoms with Crippen molar-refractivity contribution >= 4 is 23.2 Å². The molecule has 0 aliphatic carbocycles. The average Bonchev–Trinajstić information content (AvgIpc) is 2.59. The summed E-state index contributed by atoms with van der Waals surface area (Å²) in [5.41, 5.74) is 6.96. The number of anilines is 2. The molecule has 2 aromatic carbocycles. The molecular formula is C21H24N2O3. The summed E-state index contributed by atoms with van der Waals surface area (Å²) >= 11 is 0. The van der Waals surface area contributed by atoms with Crippen LogP contribution in [0.3, 0.4) is 0 Å². The van der Waals surface area contributed by atoms with Gasteiger partial charge in [-0.15, -0.1) is 0 Å². The molecule has 0 radical (unpaired) electrons. The molecule has 0 fully saturated rings. The lowest BCUT2D eigenvalue weighted by Gasteiger charge is -2.29. The lowest BCUT2D eigenvalue weighted by molar-refractivity contribution is -0.119. The molecule has 0 aromatic heterocycles. The molecule has 0 bridgehead atoms. The zero-order valence-corrected chi connectivity index (χ0v) is 15.6. The van der Waals surface area contributed by atoms with Crippen molar-refractivity contribution in [2.24, 2.45) is 0 Å². The lowest BCUT2D eigenvalue weighted by Crippen LogP contribution is -2.26. The van der Waals surface area contributed by atoms with Gasteiger partial charge in [0.15, 0.2) is 0 Å². The van der Waals surface area contributed by atoms with Gasteiger partial charge in [0.25, 0.3) is 0 Å². The van der Waals surface area contributed by atoms with E-state index in [0.29, 0.717) is 12.1 Å². The fourth-order valence-corrected chi connectivity index (χ4v) is 3.54. The van der Waals surface area contributed by atoms with Gasteiger partial charge in [0.1, 0.15) is 6.61 Å². The zero-order chi connectivity index (χ0) is 18.8. The number of rotatable bonds is 4. The predicted molar refractivity (Wildman–Crippen MR) is 103 cm³/mol. The van der Waals surface area contributed by atoms with E-state index in [-0.39, 0.29) is 24.3 Å². The highest BCUT2D eigenvalue weighted by molar-refractivity contribution is 5.99. The van der Waals surface area contributed by atoms with E-state index in [0.717, 1.165) is 16.8 Å². The van der Waals surface area contributed by atoms with Crippen molar-refractivity contribution in [1.82, 2.24) is 0 Å². The van der Waals surface area contributed by atoms with Crippen LogP contribution in [0.1, 0.15) is 40.2 Å². The minimum atomic E-state index is -0.219. The minimum absolute atomic E-state index is 0.00596. The largest absolute Gasteiger partial charge is 0.375 e. The Morgan fingerprint density at radius 2 is 1.96 bits per heavy atom. The molecular weight excluding hydrogens is 328 g/mol. The summed E-state index contributed by atoms with van der Waals surface area (Å²) in [7, 11) is 1.48. The minimum Gasteiger partial charge on any atom is -0.375 e. The van der Waals surface area contributed by atoms with Crippen LogP contribution >= 0.6 is 0 Å². The Morgan fingerprint density at radius 3 is 2.69 bits per heavy atom. The van der Waals surface area contributed by atoms with E-state index in [1.165, 1.54) is 23.8 Å². The second kappa shape index (κ2) is 7.30. The molecule has 136 valence electrons. The van der Waals surface area contributed by atoms with E-state index in [1.54, 1.807) is 0 Å². The van der Waals surface area contributed by atoms with Crippen LogP contribution in [-0.2, 0) is 14.3 Å². The summed E-state index contributed by atoms with van der Waals surface area (Å²) in [5, 5.41) is 5.82. The van der Waals surface area contributed by atoms with Crippen molar-refractivity contribution in [2.75, 3.05) is 24.4 Å². The van der Waals surface area contributed by atoms with Crippen molar-refractivity contribution in [3.05, 3.63) is 58.1 Å². The van der Waals surface area contributed by atoms with Crippen LogP contribution in [0.25, 0.3) is 0 Å². The monoisotopic (exact) mass is 352 g/mol. The summed E-state index contributed by atoms with van der Waals surface area (Å²) in [6.07, 6.45) is 0.423. The number of hydrogen-bond donors (Lipinski definition) is 2. The number of fused-ring (bicyclic) bond motifs is 1. The van der Waals surface area contributed by atoms with Crippen molar-refractivity contribution < 1.29 is 14.3 Å². The second-order valence-electron chi connectivity index (χ2n) is 6.85. The third-order valence-electron chi connectivity index (χ3n) is 4.89. The summed E-state index contributed by atoms with van der Waals surface area (Å²) in [5.74, 6) is -0.211. The third kappa shape index (κ3) is 3.48. The number of hydrogen-bond acceptors (Lipinski definition) is 3. The van der Waals surface area contributed by atoms with Gasteiger partial charge in [0, 0.05) is 30.8 Å². The standard InChI is InChI=1S/C21H24N2O3/c1-12-5-6-13(2)16(9-12)17-10-19(24)23-21-14(3)18(8-7-15(17)21)22-20(25)11-26-4/h5-9,17H,10-11H2,1-4H3,(H,22,25)(H,23,24)/t17-/m0/s1.